The number of nitrogens with two attached hydrogens (primary N) is 1. The Bertz CT molecular complexity index is 718. The fourth-order valence-corrected chi connectivity index (χ4v) is 3.14. The fraction of sp³-hybridized carbons (Fsp3) is 0.250. The molecule has 0 aliphatic carbocycles. The van der Waals surface area contributed by atoms with Gasteiger partial charge in [-0.2, -0.15) is 0 Å². The molecule has 2 aromatic carbocycles. The van der Waals surface area contributed by atoms with Crippen molar-refractivity contribution in [3.63, 3.8) is 0 Å². The van der Waals surface area contributed by atoms with E-state index in [1.165, 1.54) is 44.0 Å². The third-order valence-electron chi connectivity index (χ3n) is 5.19. The van der Waals surface area contributed by atoms with Gasteiger partial charge in [-0.05, 0) is 28.7 Å². The topological polar surface area (TPSA) is 26.0 Å². The molecular weight excluding hydrogens is 260 g/mol. The summed E-state index contributed by atoms with van der Waals surface area (Å²) >= 11 is 0. The minimum absolute atomic E-state index is 0.124. The highest BCUT2D eigenvalue weighted by Gasteiger charge is 2.19. The number of benzene rings is 2. The second-order valence-corrected chi connectivity index (χ2v) is 7.55. The van der Waals surface area contributed by atoms with Crippen molar-refractivity contribution in [3.05, 3.63) is 23.8 Å². The maximum absolute atomic E-state index is 6.34. The summed E-state index contributed by atoms with van der Waals surface area (Å²) in [6.07, 6.45) is 0. The summed E-state index contributed by atoms with van der Waals surface area (Å²) in [5.41, 5.74) is 18.0. The molecule has 22 heavy (non-hydrogen) atoms. The van der Waals surface area contributed by atoms with Crippen LogP contribution in [0.1, 0.15) is 26.3 Å². The van der Waals surface area contributed by atoms with Crippen LogP contribution in [0.2, 0.25) is 0 Å². The predicted octanol–water partition coefficient (Wildman–Crippen LogP) is -4.47. The Balaban J connectivity index is 2.83. The van der Waals surface area contributed by atoms with Crippen molar-refractivity contribution in [3.8, 4) is 11.1 Å². The summed E-state index contributed by atoms with van der Waals surface area (Å²) < 4.78 is 0. The minimum Gasteiger partial charge on any atom is -0.398 e. The molecule has 0 unspecified atom stereocenters. The summed E-state index contributed by atoms with van der Waals surface area (Å²) in [6.45, 7) is 6.73. The molecule has 2 rings (SSSR count). The lowest BCUT2D eigenvalue weighted by molar-refractivity contribution is 0.590. The van der Waals surface area contributed by atoms with E-state index in [0.29, 0.717) is 0 Å². The Labute approximate surface area is 139 Å². The molecule has 6 heteroatoms. The van der Waals surface area contributed by atoms with E-state index in [9.17, 15) is 0 Å². The van der Waals surface area contributed by atoms with Gasteiger partial charge in [-0.1, -0.05) is 37.8 Å². The molecule has 0 heterocycles. The van der Waals surface area contributed by atoms with Gasteiger partial charge in [-0.15, -0.1) is 16.4 Å². The number of hydrogen-bond acceptors (Lipinski definition) is 1. The Morgan fingerprint density at radius 3 is 1.68 bits per heavy atom. The maximum Gasteiger partial charge on any atom is 0.139 e. The predicted molar refractivity (Wildman–Crippen MR) is 116 cm³/mol. The molecule has 0 bridgehead atoms. The van der Waals surface area contributed by atoms with E-state index in [1.54, 1.807) is 0 Å². The number of rotatable bonds is 1. The molecular formula is C16H24B5N. The summed E-state index contributed by atoms with van der Waals surface area (Å²) in [7, 11) is 11.1. The van der Waals surface area contributed by atoms with Crippen molar-refractivity contribution < 1.29 is 0 Å². The van der Waals surface area contributed by atoms with Crippen LogP contribution in [0.3, 0.4) is 0 Å². The SMILES string of the molecule is Bc1c(B)c(B)c(-c2cc(C(C)(C)C)ccc2N)c(B)c1B. The monoisotopic (exact) mass is 285 g/mol. The lowest BCUT2D eigenvalue weighted by atomic mass is 9.59. The molecule has 0 aromatic heterocycles. The van der Waals surface area contributed by atoms with Crippen LogP contribution in [-0.2, 0) is 5.41 Å². The van der Waals surface area contributed by atoms with Crippen LogP contribution in [-0.4, -0.2) is 39.2 Å². The standard InChI is InChI=1S/C16H24B5N/c1-16(2,3)7-4-5-9(22)8(6-7)10-11(17)13(19)15(21)14(20)12(10)18/h4-6H,17-22H2,1-3H3. The van der Waals surface area contributed by atoms with Gasteiger partial charge in [-0.3, -0.25) is 0 Å². The quantitative estimate of drug-likeness (QED) is 0.415. The zero-order valence-electron chi connectivity index (χ0n) is 15.3. The van der Waals surface area contributed by atoms with E-state index in [4.69, 9.17) is 5.73 Å². The van der Waals surface area contributed by atoms with Crippen LogP contribution >= 0.6 is 0 Å². The Hall–Kier alpha value is -1.44. The molecule has 0 spiro atoms. The highest BCUT2D eigenvalue weighted by atomic mass is 14.6. The lowest BCUT2D eigenvalue weighted by Gasteiger charge is -2.24. The van der Waals surface area contributed by atoms with Crippen LogP contribution in [0, 0.1) is 0 Å². The second kappa shape index (κ2) is 5.64. The van der Waals surface area contributed by atoms with Crippen molar-refractivity contribution in [1.29, 1.82) is 0 Å². The first-order chi connectivity index (χ1) is 10.1. The van der Waals surface area contributed by atoms with Gasteiger partial charge >= 0.3 is 0 Å². The molecule has 2 N–H and O–H groups in total. The normalized spacial score (nSPS) is 11.6. The molecule has 0 aliphatic heterocycles. The average Bonchev–Trinajstić information content (AvgIpc) is 2.44. The molecule has 0 radical (unpaired) electrons. The van der Waals surface area contributed by atoms with Crippen LogP contribution in [0.5, 0.6) is 0 Å². The Kier molecular flexibility index (Phi) is 4.34. The Morgan fingerprint density at radius 1 is 0.773 bits per heavy atom. The van der Waals surface area contributed by atoms with Crippen molar-refractivity contribution >= 4 is 72.2 Å². The van der Waals surface area contributed by atoms with E-state index in [0.717, 1.165) is 5.69 Å². The zero-order chi connectivity index (χ0) is 16.8. The number of hydrogen-bond donors (Lipinski definition) is 1. The maximum atomic E-state index is 6.34. The van der Waals surface area contributed by atoms with Gasteiger partial charge in [-0.25, -0.2) is 0 Å². The van der Waals surface area contributed by atoms with Crippen molar-refractivity contribution in [1.82, 2.24) is 0 Å². The molecule has 0 saturated carbocycles. The van der Waals surface area contributed by atoms with Gasteiger partial charge < -0.3 is 5.73 Å². The van der Waals surface area contributed by atoms with Gasteiger partial charge in [0.25, 0.3) is 0 Å². The summed E-state index contributed by atoms with van der Waals surface area (Å²) in [4.78, 5) is 0. The van der Waals surface area contributed by atoms with Crippen LogP contribution in [0.15, 0.2) is 18.2 Å². The van der Waals surface area contributed by atoms with Gasteiger partial charge in [0.05, 0.1) is 0 Å². The summed E-state index contributed by atoms with van der Waals surface area (Å²) in [6, 6.07) is 6.48. The van der Waals surface area contributed by atoms with E-state index >= 15 is 0 Å². The minimum atomic E-state index is 0.124. The van der Waals surface area contributed by atoms with E-state index < -0.39 is 0 Å². The first kappa shape index (κ1) is 16.9. The molecule has 108 valence electrons. The third kappa shape index (κ3) is 2.76. The second-order valence-electron chi connectivity index (χ2n) is 7.55. The van der Waals surface area contributed by atoms with Crippen LogP contribution in [0.4, 0.5) is 5.69 Å². The first-order valence-electron chi connectivity index (χ1n) is 8.03. The zero-order valence-corrected chi connectivity index (χ0v) is 15.3. The van der Waals surface area contributed by atoms with Crippen molar-refractivity contribution in [2.24, 2.45) is 0 Å². The highest BCUT2D eigenvalue weighted by Crippen LogP contribution is 2.30. The first-order valence-corrected chi connectivity index (χ1v) is 8.03. The molecule has 0 saturated heterocycles. The molecule has 0 amide bonds. The van der Waals surface area contributed by atoms with Gasteiger partial charge in [0.1, 0.15) is 39.2 Å². The Morgan fingerprint density at radius 2 is 1.23 bits per heavy atom. The summed E-state index contributed by atoms with van der Waals surface area (Å²) in [5, 5.41) is 0. The lowest BCUT2D eigenvalue weighted by Crippen LogP contribution is -2.55. The van der Waals surface area contributed by atoms with Crippen molar-refractivity contribution in [2.45, 2.75) is 26.2 Å². The van der Waals surface area contributed by atoms with E-state index in [2.05, 4.69) is 78.2 Å². The van der Waals surface area contributed by atoms with E-state index in [1.807, 2.05) is 0 Å². The highest BCUT2D eigenvalue weighted by molar-refractivity contribution is 6.68. The molecule has 0 atom stereocenters. The van der Waals surface area contributed by atoms with Gasteiger partial charge in [0.15, 0.2) is 0 Å². The molecule has 0 fully saturated rings. The van der Waals surface area contributed by atoms with Gasteiger partial charge in [0, 0.05) is 11.3 Å². The molecule has 1 nitrogen and oxygen atoms in total. The summed E-state index contributed by atoms with van der Waals surface area (Å²) in [5.74, 6) is 0. The van der Waals surface area contributed by atoms with Crippen LogP contribution in [0.25, 0.3) is 11.1 Å². The largest absolute Gasteiger partial charge is 0.398 e. The molecule has 0 aliphatic rings. The smallest absolute Gasteiger partial charge is 0.139 e. The van der Waals surface area contributed by atoms with Crippen molar-refractivity contribution in [2.75, 3.05) is 5.73 Å². The van der Waals surface area contributed by atoms with Gasteiger partial charge in [0.2, 0.25) is 0 Å². The average molecular weight is 284 g/mol. The third-order valence-corrected chi connectivity index (χ3v) is 5.19. The number of nitrogen functional groups attached to an aromatic ring is 1. The fourth-order valence-electron chi connectivity index (χ4n) is 3.14. The van der Waals surface area contributed by atoms with Crippen LogP contribution < -0.4 is 33.0 Å². The van der Waals surface area contributed by atoms with E-state index in [-0.39, 0.29) is 5.41 Å². The molecule has 2 aromatic rings. The number of anilines is 1.